The molecule has 0 radical (unpaired) electrons. The van der Waals surface area contributed by atoms with Gasteiger partial charge in [-0.15, -0.1) is 0 Å². The molecule has 12 heteroatoms. The summed E-state index contributed by atoms with van der Waals surface area (Å²) in [6.07, 6.45) is 5.27. The summed E-state index contributed by atoms with van der Waals surface area (Å²) in [6.45, 7) is 6.64. The summed E-state index contributed by atoms with van der Waals surface area (Å²) in [5, 5.41) is 3.87. The number of aryl methyl sites for hydroxylation is 1. The number of furan rings is 1. The van der Waals surface area contributed by atoms with Crippen LogP contribution in [0.25, 0.3) is 12.2 Å². The first-order chi connectivity index (χ1) is 19.8. The Morgan fingerprint density at radius 2 is 1.85 bits per heavy atom. The molecule has 10 nitrogen and oxygen atoms in total. The summed E-state index contributed by atoms with van der Waals surface area (Å²) < 4.78 is 59.0. The van der Waals surface area contributed by atoms with Gasteiger partial charge in [-0.05, 0) is 50.1 Å². The van der Waals surface area contributed by atoms with E-state index in [1.54, 1.807) is 37.5 Å². The molecule has 2 aliphatic heterocycles. The van der Waals surface area contributed by atoms with Crippen molar-refractivity contribution in [2.24, 2.45) is 5.92 Å². The van der Waals surface area contributed by atoms with Crippen molar-refractivity contribution in [2.45, 2.75) is 31.2 Å². The van der Waals surface area contributed by atoms with Gasteiger partial charge in [0.1, 0.15) is 17.3 Å². The average molecular weight is 587 g/mol. The zero-order valence-electron chi connectivity index (χ0n) is 23.1. The average Bonchev–Trinajstić information content (AvgIpc) is 3.64. The second-order valence-corrected chi connectivity index (χ2v) is 12.2. The molecule has 220 valence electrons. The maximum atomic E-state index is 14.1. The number of morpholine rings is 1. The Kier molecular flexibility index (Phi) is 9.33. The molecule has 1 amide bonds. The molecule has 0 bridgehead atoms. The lowest BCUT2D eigenvalue weighted by Gasteiger charge is -2.34. The number of benzene rings is 1. The number of hydrogen-bond donors (Lipinski definition) is 0. The molecule has 2 saturated heterocycles. The van der Waals surface area contributed by atoms with E-state index in [9.17, 15) is 17.6 Å². The summed E-state index contributed by atoms with van der Waals surface area (Å²) in [6, 6.07) is 9.83. The molecule has 0 unspecified atom stereocenters. The minimum atomic E-state index is -3.96. The number of halogens is 1. The number of sulfonamides is 1. The zero-order valence-corrected chi connectivity index (χ0v) is 23.9. The number of amides is 1. The van der Waals surface area contributed by atoms with Gasteiger partial charge in [-0.1, -0.05) is 23.4 Å². The van der Waals surface area contributed by atoms with Gasteiger partial charge in [0.2, 0.25) is 15.9 Å². The monoisotopic (exact) mass is 586 g/mol. The summed E-state index contributed by atoms with van der Waals surface area (Å²) in [5.41, 5.74) is 0.529. The number of carbonyl (C=O) groups is 1. The van der Waals surface area contributed by atoms with Crippen molar-refractivity contribution < 1.29 is 31.3 Å². The topological polar surface area (TPSA) is 109 Å². The Bertz CT molecular complexity index is 1440. The summed E-state index contributed by atoms with van der Waals surface area (Å²) in [4.78, 5) is 17.7. The van der Waals surface area contributed by atoms with Gasteiger partial charge in [0, 0.05) is 50.7 Å². The quantitative estimate of drug-likeness (QED) is 0.354. The third kappa shape index (κ3) is 6.95. The van der Waals surface area contributed by atoms with Crippen molar-refractivity contribution in [3.8, 4) is 0 Å². The van der Waals surface area contributed by atoms with Crippen LogP contribution in [0.15, 0.2) is 56.5 Å². The molecule has 3 aromatic rings. The van der Waals surface area contributed by atoms with Crippen molar-refractivity contribution in [3.05, 3.63) is 71.3 Å². The molecule has 0 N–H and O–H groups in total. The first kappa shape index (κ1) is 29.2. The normalized spacial score (nSPS) is 17.8. The number of nitrogens with zero attached hydrogens (tertiary/aromatic N) is 4. The van der Waals surface area contributed by atoms with Crippen LogP contribution in [-0.4, -0.2) is 86.1 Å². The summed E-state index contributed by atoms with van der Waals surface area (Å²) >= 11 is 0. The van der Waals surface area contributed by atoms with Crippen LogP contribution in [0.5, 0.6) is 0 Å². The van der Waals surface area contributed by atoms with Gasteiger partial charge in [0.05, 0.1) is 26.0 Å². The van der Waals surface area contributed by atoms with Crippen LogP contribution in [0.1, 0.15) is 35.6 Å². The molecule has 4 heterocycles. The summed E-state index contributed by atoms with van der Waals surface area (Å²) in [7, 11) is -3.96. The Labute approximate surface area is 239 Å². The van der Waals surface area contributed by atoms with Crippen LogP contribution in [0.4, 0.5) is 4.39 Å². The fourth-order valence-electron chi connectivity index (χ4n) is 5.25. The first-order valence-corrected chi connectivity index (χ1v) is 15.3. The van der Waals surface area contributed by atoms with E-state index in [0.29, 0.717) is 50.5 Å². The van der Waals surface area contributed by atoms with Crippen molar-refractivity contribution in [1.29, 1.82) is 0 Å². The Morgan fingerprint density at radius 1 is 1.10 bits per heavy atom. The molecule has 2 fully saturated rings. The van der Waals surface area contributed by atoms with E-state index in [2.05, 4.69) is 10.1 Å². The van der Waals surface area contributed by atoms with E-state index < -0.39 is 15.8 Å². The van der Waals surface area contributed by atoms with Gasteiger partial charge in [0.15, 0.2) is 10.7 Å². The summed E-state index contributed by atoms with van der Waals surface area (Å²) in [5.74, 6) is 0.0181. The smallest absolute Gasteiger partial charge is 0.248 e. The van der Waals surface area contributed by atoms with E-state index in [-0.39, 0.29) is 41.3 Å². The molecule has 0 spiro atoms. The highest BCUT2D eigenvalue weighted by Crippen LogP contribution is 2.30. The van der Waals surface area contributed by atoms with Crippen LogP contribution in [0.2, 0.25) is 0 Å². The van der Waals surface area contributed by atoms with Gasteiger partial charge < -0.3 is 18.6 Å². The minimum Gasteiger partial charge on any atom is -0.467 e. The van der Waals surface area contributed by atoms with E-state index in [1.165, 1.54) is 22.5 Å². The van der Waals surface area contributed by atoms with E-state index in [1.807, 2.05) is 11.0 Å². The number of hydrogen-bond acceptors (Lipinski definition) is 8. The Morgan fingerprint density at radius 3 is 2.56 bits per heavy atom. The highest BCUT2D eigenvalue weighted by molar-refractivity contribution is 7.89. The number of rotatable bonds is 10. The molecular formula is C29H35FN4O6S. The highest BCUT2D eigenvalue weighted by Gasteiger charge is 2.37. The minimum absolute atomic E-state index is 0.00127. The molecule has 0 aliphatic carbocycles. The van der Waals surface area contributed by atoms with Crippen molar-refractivity contribution in [1.82, 2.24) is 19.3 Å². The molecule has 1 aromatic carbocycles. The molecule has 2 aliphatic rings. The van der Waals surface area contributed by atoms with Gasteiger partial charge in [-0.2, -0.15) is 4.31 Å². The lowest BCUT2D eigenvalue weighted by molar-refractivity contribution is -0.138. The van der Waals surface area contributed by atoms with E-state index >= 15 is 0 Å². The van der Waals surface area contributed by atoms with Gasteiger partial charge >= 0.3 is 0 Å². The number of carbonyl (C=O) groups excluding carboxylic acids is 1. The van der Waals surface area contributed by atoms with E-state index in [4.69, 9.17) is 13.7 Å². The van der Waals surface area contributed by atoms with Crippen molar-refractivity contribution in [3.63, 3.8) is 0 Å². The van der Waals surface area contributed by atoms with Crippen LogP contribution in [0, 0.1) is 18.7 Å². The zero-order chi connectivity index (χ0) is 28.8. The van der Waals surface area contributed by atoms with Crippen molar-refractivity contribution in [2.75, 3.05) is 52.5 Å². The molecule has 41 heavy (non-hydrogen) atoms. The standard InChI is InChI=1S/C29H35FN4O6S/c1-22-28(27(40-31-22)9-8-23-5-2-3-7-26(23)30)41(36,37)34-12-10-24(11-13-34)29(35)33(21-25-6-4-18-39-25)15-14-32-16-19-38-20-17-32/h2-9,18,24H,10-17,19-21H2,1H3/b9-8+. The van der Waals surface area contributed by atoms with Gasteiger partial charge in [0.25, 0.3) is 0 Å². The number of piperidine rings is 1. The molecule has 2 aromatic heterocycles. The molecule has 0 atom stereocenters. The fourth-order valence-corrected chi connectivity index (χ4v) is 6.97. The SMILES string of the molecule is Cc1noc(/C=C/c2ccccc2F)c1S(=O)(=O)N1CCC(C(=O)N(CCN2CCOCC2)Cc2ccco2)CC1. The van der Waals surface area contributed by atoms with Crippen molar-refractivity contribution >= 4 is 28.1 Å². The predicted molar refractivity (Wildman–Crippen MR) is 149 cm³/mol. The van der Waals surface area contributed by atoms with Gasteiger partial charge in [-0.3, -0.25) is 9.69 Å². The molecule has 5 rings (SSSR count). The largest absolute Gasteiger partial charge is 0.467 e. The lowest BCUT2D eigenvalue weighted by Crippen LogP contribution is -2.47. The van der Waals surface area contributed by atoms with Crippen LogP contribution in [-0.2, 0) is 26.1 Å². The van der Waals surface area contributed by atoms with Crippen LogP contribution < -0.4 is 0 Å². The maximum Gasteiger partial charge on any atom is 0.248 e. The predicted octanol–water partition coefficient (Wildman–Crippen LogP) is 3.65. The lowest BCUT2D eigenvalue weighted by atomic mass is 9.96. The highest BCUT2D eigenvalue weighted by atomic mass is 32.2. The van der Waals surface area contributed by atoms with E-state index in [0.717, 1.165) is 19.6 Å². The molecule has 0 saturated carbocycles. The molecular weight excluding hydrogens is 551 g/mol. The van der Waals surface area contributed by atoms with Crippen LogP contribution >= 0.6 is 0 Å². The number of ether oxygens (including phenoxy) is 1. The first-order valence-electron chi connectivity index (χ1n) is 13.8. The number of aromatic nitrogens is 1. The maximum absolute atomic E-state index is 14.1. The second kappa shape index (κ2) is 13.1. The second-order valence-electron chi connectivity index (χ2n) is 10.3. The Hall–Kier alpha value is -3.32. The Balaban J connectivity index is 1.25. The van der Waals surface area contributed by atoms with Gasteiger partial charge in [-0.25, -0.2) is 12.8 Å². The van der Waals surface area contributed by atoms with Crippen LogP contribution in [0.3, 0.4) is 0 Å². The third-order valence-corrected chi connectivity index (χ3v) is 9.64. The fraction of sp³-hybridized carbons (Fsp3) is 0.448. The third-order valence-electron chi connectivity index (χ3n) is 7.58.